The molecular formula is C10H15F3N2O. The van der Waals surface area contributed by atoms with Crippen molar-refractivity contribution < 1.29 is 17.9 Å². The van der Waals surface area contributed by atoms with Crippen LogP contribution in [-0.4, -0.2) is 24.1 Å². The molecule has 1 N–H and O–H groups in total. The molecule has 1 heterocycles. The van der Waals surface area contributed by atoms with Gasteiger partial charge in [-0.3, -0.25) is 4.74 Å². The fourth-order valence-electron chi connectivity index (χ4n) is 1.34. The largest absolute Gasteiger partial charge is 0.522 e. The Labute approximate surface area is 92.2 Å². The van der Waals surface area contributed by atoms with E-state index in [1.54, 1.807) is 16.8 Å². The Kier molecular flexibility index (Phi) is 4.82. The molecule has 1 rings (SSSR count). The third-order valence-electron chi connectivity index (χ3n) is 2.08. The summed E-state index contributed by atoms with van der Waals surface area (Å²) in [6.45, 7) is 3.28. The average molecular weight is 236 g/mol. The Morgan fingerprint density at radius 2 is 2.19 bits per heavy atom. The molecule has 0 spiro atoms. The minimum absolute atomic E-state index is 0.202. The predicted molar refractivity (Wildman–Crippen MR) is 53.8 cm³/mol. The molecule has 3 nitrogen and oxygen atoms in total. The summed E-state index contributed by atoms with van der Waals surface area (Å²) < 4.78 is 40.7. The first-order valence-electron chi connectivity index (χ1n) is 5.08. The summed E-state index contributed by atoms with van der Waals surface area (Å²) in [5.41, 5.74) is 0.952. The summed E-state index contributed by atoms with van der Waals surface area (Å²) in [4.78, 5) is 0. The second-order valence-electron chi connectivity index (χ2n) is 3.27. The van der Waals surface area contributed by atoms with Crippen molar-refractivity contribution in [1.82, 2.24) is 9.88 Å². The van der Waals surface area contributed by atoms with Gasteiger partial charge in [-0.15, -0.1) is 13.2 Å². The quantitative estimate of drug-likeness (QED) is 0.819. The van der Waals surface area contributed by atoms with E-state index in [1.807, 2.05) is 13.0 Å². The standard InChI is InChI=1S/C10H15F3N2O/c1-2-14-8-9-4-3-5-15(9)6-7-16-10(11,12)13/h3-5,14H,2,6-8H2,1H3. The van der Waals surface area contributed by atoms with E-state index in [9.17, 15) is 13.2 Å². The van der Waals surface area contributed by atoms with Gasteiger partial charge >= 0.3 is 6.36 Å². The highest BCUT2D eigenvalue weighted by atomic mass is 19.4. The lowest BCUT2D eigenvalue weighted by atomic mass is 10.4. The molecule has 0 saturated carbocycles. The van der Waals surface area contributed by atoms with Crippen LogP contribution in [0.5, 0.6) is 0 Å². The van der Waals surface area contributed by atoms with Gasteiger partial charge in [-0.05, 0) is 18.7 Å². The van der Waals surface area contributed by atoms with Crippen molar-refractivity contribution in [2.75, 3.05) is 13.2 Å². The molecule has 0 unspecified atom stereocenters. The molecule has 0 atom stereocenters. The van der Waals surface area contributed by atoms with Crippen LogP contribution in [0, 0.1) is 0 Å². The van der Waals surface area contributed by atoms with Gasteiger partial charge in [0.2, 0.25) is 0 Å². The highest BCUT2D eigenvalue weighted by Crippen LogP contribution is 2.16. The molecule has 1 aromatic rings. The fourth-order valence-corrected chi connectivity index (χ4v) is 1.34. The first-order valence-corrected chi connectivity index (χ1v) is 5.08. The lowest BCUT2D eigenvalue weighted by molar-refractivity contribution is -0.325. The third-order valence-corrected chi connectivity index (χ3v) is 2.08. The number of ether oxygens (including phenoxy) is 1. The summed E-state index contributed by atoms with van der Waals surface area (Å²) in [6.07, 6.45) is -2.80. The van der Waals surface area contributed by atoms with E-state index >= 15 is 0 Å². The van der Waals surface area contributed by atoms with Crippen molar-refractivity contribution in [2.24, 2.45) is 0 Å². The maximum atomic E-state index is 11.7. The van der Waals surface area contributed by atoms with E-state index in [2.05, 4.69) is 10.1 Å². The highest BCUT2D eigenvalue weighted by Gasteiger charge is 2.28. The van der Waals surface area contributed by atoms with Gasteiger partial charge in [-0.2, -0.15) is 0 Å². The Bertz CT molecular complexity index is 309. The first kappa shape index (κ1) is 13.1. The molecule has 6 heteroatoms. The maximum absolute atomic E-state index is 11.7. The molecule has 0 fully saturated rings. The fraction of sp³-hybridized carbons (Fsp3) is 0.600. The molecule has 0 aliphatic rings. The molecular weight excluding hydrogens is 221 g/mol. The van der Waals surface area contributed by atoms with Crippen molar-refractivity contribution in [3.05, 3.63) is 24.0 Å². The molecule has 0 amide bonds. The normalized spacial score (nSPS) is 12.0. The van der Waals surface area contributed by atoms with Crippen LogP contribution in [0.15, 0.2) is 18.3 Å². The molecule has 0 radical (unpaired) electrons. The minimum atomic E-state index is -4.55. The molecule has 16 heavy (non-hydrogen) atoms. The van der Waals surface area contributed by atoms with Crippen LogP contribution in [0.2, 0.25) is 0 Å². The summed E-state index contributed by atoms with van der Waals surface area (Å²) in [6, 6.07) is 3.68. The van der Waals surface area contributed by atoms with Gasteiger partial charge < -0.3 is 9.88 Å². The number of nitrogens with one attached hydrogen (secondary N) is 1. The number of hydrogen-bond acceptors (Lipinski definition) is 2. The number of nitrogens with zero attached hydrogens (tertiary/aromatic N) is 1. The Balaban J connectivity index is 2.38. The van der Waals surface area contributed by atoms with Crippen LogP contribution < -0.4 is 5.32 Å². The van der Waals surface area contributed by atoms with Gasteiger partial charge in [0.05, 0.1) is 6.61 Å². The monoisotopic (exact) mass is 236 g/mol. The topological polar surface area (TPSA) is 26.2 Å². The molecule has 0 aliphatic carbocycles. The molecule has 0 aliphatic heterocycles. The number of alkyl halides is 3. The van der Waals surface area contributed by atoms with Crippen LogP contribution in [0.4, 0.5) is 13.2 Å². The van der Waals surface area contributed by atoms with Crippen LogP contribution in [0.3, 0.4) is 0 Å². The van der Waals surface area contributed by atoms with Crippen molar-refractivity contribution in [2.45, 2.75) is 26.4 Å². The summed E-state index contributed by atoms with van der Waals surface area (Å²) in [7, 11) is 0. The van der Waals surface area contributed by atoms with Crippen LogP contribution in [-0.2, 0) is 17.8 Å². The van der Waals surface area contributed by atoms with E-state index in [-0.39, 0.29) is 13.2 Å². The lowest BCUT2D eigenvalue weighted by Gasteiger charge is -2.11. The van der Waals surface area contributed by atoms with Crippen LogP contribution in [0.25, 0.3) is 0 Å². The second-order valence-corrected chi connectivity index (χ2v) is 3.27. The molecule has 0 aromatic carbocycles. The van der Waals surface area contributed by atoms with Gasteiger partial charge in [0, 0.05) is 25.0 Å². The smallest absolute Gasteiger partial charge is 0.348 e. The number of halogens is 3. The summed E-state index contributed by atoms with van der Waals surface area (Å²) in [5.74, 6) is 0. The molecule has 0 saturated heterocycles. The maximum Gasteiger partial charge on any atom is 0.522 e. The van der Waals surface area contributed by atoms with Crippen LogP contribution >= 0.6 is 0 Å². The minimum Gasteiger partial charge on any atom is -0.348 e. The molecule has 1 aromatic heterocycles. The van der Waals surface area contributed by atoms with E-state index in [4.69, 9.17) is 0 Å². The van der Waals surface area contributed by atoms with Crippen LogP contribution in [0.1, 0.15) is 12.6 Å². The highest BCUT2D eigenvalue weighted by molar-refractivity contribution is 5.06. The Hall–Kier alpha value is -1.01. The number of rotatable bonds is 6. The van der Waals surface area contributed by atoms with E-state index < -0.39 is 6.36 Å². The predicted octanol–water partition coefficient (Wildman–Crippen LogP) is 2.13. The van der Waals surface area contributed by atoms with Crippen molar-refractivity contribution >= 4 is 0 Å². The number of aromatic nitrogens is 1. The summed E-state index contributed by atoms with van der Waals surface area (Å²) >= 11 is 0. The van der Waals surface area contributed by atoms with Crippen molar-refractivity contribution in [3.8, 4) is 0 Å². The lowest BCUT2D eigenvalue weighted by Crippen LogP contribution is -2.20. The van der Waals surface area contributed by atoms with E-state index in [0.717, 1.165) is 12.2 Å². The van der Waals surface area contributed by atoms with Gasteiger partial charge in [0.1, 0.15) is 0 Å². The van der Waals surface area contributed by atoms with Gasteiger partial charge in [0.15, 0.2) is 0 Å². The second kappa shape index (κ2) is 5.91. The van der Waals surface area contributed by atoms with Gasteiger partial charge in [-0.25, -0.2) is 0 Å². The summed E-state index contributed by atoms with van der Waals surface area (Å²) in [5, 5.41) is 3.11. The Morgan fingerprint density at radius 1 is 1.44 bits per heavy atom. The average Bonchev–Trinajstić information content (AvgIpc) is 2.60. The molecule has 92 valence electrons. The Morgan fingerprint density at radius 3 is 2.81 bits per heavy atom. The van der Waals surface area contributed by atoms with E-state index in [1.165, 1.54) is 0 Å². The first-order chi connectivity index (χ1) is 7.53. The van der Waals surface area contributed by atoms with Crippen molar-refractivity contribution in [1.29, 1.82) is 0 Å². The number of hydrogen-bond donors (Lipinski definition) is 1. The zero-order valence-electron chi connectivity index (χ0n) is 9.05. The van der Waals surface area contributed by atoms with Crippen molar-refractivity contribution in [3.63, 3.8) is 0 Å². The third kappa shape index (κ3) is 4.67. The van der Waals surface area contributed by atoms with E-state index in [0.29, 0.717) is 6.54 Å². The molecule has 0 bridgehead atoms. The van der Waals surface area contributed by atoms with Gasteiger partial charge in [-0.1, -0.05) is 6.92 Å². The zero-order valence-corrected chi connectivity index (χ0v) is 9.05. The van der Waals surface area contributed by atoms with Gasteiger partial charge in [0.25, 0.3) is 0 Å². The zero-order chi connectivity index (χ0) is 12.0. The SMILES string of the molecule is CCNCc1cccn1CCOC(F)(F)F.